The Morgan fingerprint density at radius 1 is 1.50 bits per heavy atom. The first kappa shape index (κ1) is 13.1. The van der Waals surface area contributed by atoms with E-state index in [9.17, 15) is 9.18 Å². The lowest BCUT2D eigenvalue weighted by Gasteiger charge is -2.18. The lowest BCUT2D eigenvalue weighted by molar-refractivity contribution is -0.119. The molecule has 2 unspecified atom stereocenters. The molecule has 3 nitrogen and oxygen atoms in total. The van der Waals surface area contributed by atoms with Crippen LogP contribution in [0.1, 0.15) is 25.5 Å². The maximum Gasteiger partial charge on any atom is 0.234 e. The molecule has 0 heterocycles. The Balaban J connectivity index is 2.76. The zero-order valence-corrected chi connectivity index (χ0v) is 10.7. The summed E-state index contributed by atoms with van der Waals surface area (Å²) in [5, 5.41) is 3.02. The molecule has 1 rings (SSSR count). The van der Waals surface area contributed by atoms with Crippen LogP contribution in [0.25, 0.3) is 0 Å². The average molecular weight is 289 g/mol. The van der Waals surface area contributed by atoms with Crippen LogP contribution in [-0.2, 0) is 4.79 Å². The predicted molar refractivity (Wildman–Crippen MR) is 64.3 cm³/mol. The van der Waals surface area contributed by atoms with Crippen molar-refractivity contribution in [3.63, 3.8) is 0 Å². The fourth-order valence-corrected chi connectivity index (χ4v) is 1.73. The van der Waals surface area contributed by atoms with Crippen LogP contribution in [0.5, 0.6) is 0 Å². The molecule has 1 aromatic carbocycles. The molecule has 16 heavy (non-hydrogen) atoms. The van der Waals surface area contributed by atoms with Crippen LogP contribution >= 0.6 is 15.9 Å². The SMILES string of the molecule is CC(NC(C)c1ccc(F)c(Br)c1)C(N)=O. The van der Waals surface area contributed by atoms with E-state index in [1.165, 1.54) is 6.07 Å². The minimum atomic E-state index is -0.418. The second kappa shape index (κ2) is 5.41. The third-order valence-electron chi connectivity index (χ3n) is 2.37. The van der Waals surface area contributed by atoms with Gasteiger partial charge in [0.05, 0.1) is 10.5 Å². The molecule has 3 N–H and O–H groups in total. The number of amides is 1. The van der Waals surface area contributed by atoms with E-state index in [4.69, 9.17) is 5.73 Å². The van der Waals surface area contributed by atoms with E-state index in [0.29, 0.717) is 4.47 Å². The highest BCUT2D eigenvalue weighted by Gasteiger charge is 2.14. The highest BCUT2D eigenvalue weighted by molar-refractivity contribution is 9.10. The van der Waals surface area contributed by atoms with Gasteiger partial charge in [0.25, 0.3) is 0 Å². The van der Waals surface area contributed by atoms with E-state index in [1.807, 2.05) is 6.92 Å². The molecule has 0 aromatic heterocycles. The normalized spacial score (nSPS) is 14.5. The largest absolute Gasteiger partial charge is 0.368 e. The summed E-state index contributed by atoms with van der Waals surface area (Å²) in [5.41, 5.74) is 6.04. The number of primary amides is 1. The molecule has 0 spiro atoms. The van der Waals surface area contributed by atoms with Crippen LogP contribution in [0.15, 0.2) is 22.7 Å². The molecule has 0 saturated carbocycles. The minimum Gasteiger partial charge on any atom is -0.368 e. The molecule has 0 saturated heterocycles. The smallest absolute Gasteiger partial charge is 0.234 e. The molecule has 1 amide bonds. The molecule has 0 aliphatic heterocycles. The van der Waals surface area contributed by atoms with Gasteiger partial charge in [0.2, 0.25) is 5.91 Å². The monoisotopic (exact) mass is 288 g/mol. The Morgan fingerprint density at radius 3 is 2.62 bits per heavy atom. The third-order valence-corrected chi connectivity index (χ3v) is 2.98. The quantitative estimate of drug-likeness (QED) is 0.892. The Bertz CT molecular complexity index is 398. The van der Waals surface area contributed by atoms with Gasteiger partial charge in [0, 0.05) is 6.04 Å². The van der Waals surface area contributed by atoms with Crippen LogP contribution in [0, 0.1) is 5.82 Å². The summed E-state index contributed by atoms with van der Waals surface area (Å²) >= 11 is 3.12. The van der Waals surface area contributed by atoms with Crippen molar-refractivity contribution in [3.8, 4) is 0 Å². The van der Waals surface area contributed by atoms with E-state index in [2.05, 4.69) is 21.2 Å². The van der Waals surface area contributed by atoms with Crippen molar-refractivity contribution in [1.82, 2.24) is 5.32 Å². The van der Waals surface area contributed by atoms with Crippen molar-refractivity contribution in [2.75, 3.05) is 0 Å². The maximum absolute atomic E-state index is 13.0. The van der Waals surface area contributed by atoms with Crippen molar-refractivity contribution < 1.29 is 9.18 Å². The first-order valence-corrected chi connectivity index (χ1v) is 5.71. The van der Waals surface area contributed by atoms with Crippen molar-refractivity contribution in [2.24, 2.45) is 5.73 Å². The summed E-state index contributed by atoms with van der Waals surface area (Å²) in [6.07, 6.45) is 0. The van der Waals surface area contributed by atoms with Gasteiger partial charge < -0.3 is 5.73 Å². The van der Waals surface area contributed by atoms with E-state index in [1.54, 1.807) is 19.1 Å². The number of carbonyl (C=O) groups excluding carboxylic acids is 1. The van der Waals surface area contributed by atoms with Gasteiger partial charge >= 0.3 is 0 Å². The minimum absolute atomic E-state index is 0.0700. The second-order valence-electron chi connectivity index (χ2n) is 3.69. The van der Waals surface area contributed by atoms with Crippen LogP contribution < -0.4 is 11.1 Å². The van der Waals surface area contributed by atoms with Crippen molar-refractivity contribution in [2.45, 2.75) is 25.9 Å². The van der Waals surface area contributed by atoms with Gasteiger partial charge in [-0.15, -0.1) is 0 Å². The number of halogens is 2. The fraction of sp³-hybridized carbons (Fsp3) is 0.364. The Labute approximate surface area is 102 Å². The van der Waals surface area contributed by atoms with E-state index in [0.717, 1.165) is 5.56 Å². The van der Waals surface area contributed by atoms with E-state index < -0.39 is 11.9 Å². The van der Waals surface area contributed by atoms with Crippen molar-refractivity contribution >= 4 is 21.8 Å². The molecule has 0 radical (unpaired) electrons. The van der Waals surface area contributed by atoms with Gasteiger partial charge in [0.1, 0.15) is 5.82 Å². The molecule has 1 aromatic rings. The van der Waals surface area contributed by atoms with Crippen LogP contribution in [0.2, 0.25) is 0 Å². The van der Waals surface area contributed by atoms with E-state index >= 15 is 0 Å². The molecule has 88 valence electrons. The van der Waals surface area contributed by atoms with Gasteiger partial charge in [-0.2, -0.15) is 0 Å². The molecule has 0 aliphatic rings. The van der Waals surface area contributed by atoms with Gasteiger partial charge in [-0.3, -0.25) is 10.1 Å². The number of nitrogens with two attached hydrogens (primary N) is 1. The van der Waals surface area contributed by atoms with Gasteiger partial charge in [-0.05, 0) is 47.5 Å². The molecule has 0 bridgehead atoms. The zero-order valence-electron chi connectivity index (χ0n) is 9.13. The lowest BCUT2D eigenvalue weighted by Crippen LogP contribution is -2.40. The van der Waals surface area contributed by atoms with Crippen LogP contribution in [-0.4, -0.2) is 11.9 Å². The molecule has 0 aliphatic carbocycles. The molecular formula is C11H14BrFN2O. The van der Waals surface area contributed by atoms with E-state index in [-0.39, 0.29) is 11.9 Å². The molecular weight excluding hydrogens is 275 g/mol. The number of hydrogen-bond acceptors (Lipinski definition) is 2. The Kier molecular flexibility index (Phi) is 4.44. The van der Waals surface area contributed by atoms with Crippen LogP contribution in [0.4, 0.5) is 4.39 Å². The summed E-state index contributed by atoms with van der Waals surface area (Å²) in [6, 6.07) is 4.25. The Morgan fingerprint density at radius 2 is 2.12 bits per heavy atom. The summed E-state index contributed by atoms with van der Waals surface area (Å²) in [5.74, 6) is -0.716. The van der Waals surface area contributed by atoms with Gasteiger partial charge in [-0.25, -0.2) is 4.39 Å². The number of carbonyl (C=O) groups is 1. The number of nitrogens with one attached hydrogen (secondary N) is 1. The first-order valence-electron chi connectivity index (χ1n) is 4.92. The van der Waals surface area contributed by atoms with Crippen molar-refractivity contribution in [3.05, 3.63) is 34.1 Å². The first-order chi connectivity index (χ1) is 7.41. The summed E-state index contributed by atoms with van der Waals surface area (Å²) in [7, 11) is 0. The summed E-state index contributed by atoms with van der Waals surface area (Å²) in [4.78, 5) is 10.9. The molecule has 2 atom stereocenters. The summed E-state index contributed by atoms with van der Waals surface area (Å²) in [6.45, 7) is 3.58. The topological polar surface area (TPSA) is 55.1 Å². The van der Waals surface area contributed by atoms with Gasteiger partial charge in [-0.1, -0.05) is 6.07 Å². The molecule has 0 fully saturated rings. The highest BCUT2D eigenvalue weighted by atomic mass is 79.9. The van der Waals surface area contributed by atoms with Crippen molar-refractivity contribution in [1.29, 1.82) is 0 Å². The number of rotatable bonds is 4. The lowest BCUT2D eigenvalue weighted by atomic mass is 10.1. The van der Waals surface area contributed by atoms with Gasteiger partial charge in [0.15, 0.2) is 0 Å². The third kappa shape index (κ3) is 3.28. The Hall–Kier alpha value is -0.940. The number of benzene rings is 1. The predicted octanol–water partition coefficient (Wildman–Crippen LogP) is 2.11. The maximum atomic E-state index is 13.0. The van der Waals surface area contributed by atoms with Crippen LogP contribution in [0.3, 0.4) is 0 Å². The zero-order chi connectivity index (χ0) is 12.3. The molecule has 5 heteroatoms. The number of hydrogen-bond donors (Lipinski definition) is 2. The second-order valence-corrected chi connectivity index (χ2v) is 4.54. The standard InChI is InChI=1S/C11H14BrFN2O/c1-6(15-7(2)11(14)16)8-3-4-10(13)9(12)5-8/h3-7,15H,1-2H3,(H2,14,16). The average Bonchev–Trinajstić information content (AvgIpc) is 2.21. The fourth-order valence-electron chi connectivity index (χ4n) is 1.34. The highest BCUT2D eigenvalue weighted by Crippen LogP contribution is 2.21. The summed E-state index contributed by atoms with van der Waals surface area (Å²) < 4.78 is 13.4.